The second kappa shape index (κ2) is 5.31. The van der Waals surface area contributed by atoms with E-state index >= 15 is 0 Å². The van der Waals surface area contributed by atoms with Crippen LogP contribution in [-0.2, 0) is 0 Å². The van der Waals surface area contributed by atoms with E-state index in [4.69, 9.17) is 0 Å². The highest BCUT2D eigenvalue weighted by Gasteiger charge is 2.20. The van der Waals surface area contributed by atoms with Crippen molar-refractivity contribution >= 4 is 22.6 Å². The van der Waals surface area contributed by atoms with Crippen LogP contribution in [-0.4, -0.2) is 20.4 Å². The monoisotopic (exact) mass is 309 g/mol. The van der Waals surface area contributed by atoms with E-state index in [1.54, 1.807) is 13.0 Å². The van der Waals surface area contributed by atoms with Crippen molar-refractivity contribution in [1.29, 1.82) is 0 Å². The van der Waals surface area contributed by atoms with Gasteiger partial charge in [0, 0.05) is 11.6 Å². The molecule has 23 heavy (non-hydrogen) atoms. The first-order valence-corrected chi connectivity index (χ1v) is 7.13. The molecule has 2 aromatic carbocycles. The number of nitro groups is 1. The minimum atomic E-state index is -0.481. The van der Waals surface area contributed by atoms with Crippen LogP contribution >= 0.6 is 0 Å². The van der Waals surface area contributed by atoms with Crippen LogP contribution in [0.3, 0.4) is 0 Å². The Morgan fingerprint density at radius 1 is 1.17 bits per heavy atom. The summed E-state index contributed by atoms with van der Waals surface area (Å²) < 4.78 is 1.44. The lowest BCUT2D eigenvalue weighted by Gasteiger charge is -2.08. The highest BCUT2D eigenvalue weighted by molar-refractivity contribution is 6.02. The van der Waals surface area contributed by atoms with Crippen LogP contribution in [0, 0.1) is 30.9 Å². The van der Waals surface area contributed by atoms with Crippen molar-refractivity contribution in [3.8, 4) is 0 Å². The summed E-state index contributed by atoms with van der Waals surface area (Å²) in [6.07, 6.45) is 1.46. The number of aromatic nitrogens is 2. The van der Waals surface area contributed by atoms with Crippen molar-refractivity contribution in [2.45, 2.75) is 20.8 Å². The quantitative estimate of drug-likeness (QED) is 0.535. The number of aryl methyl sites for hydroxylation is 2. The van der Waals surface area contributed by atoms with E-state index in [0.717, 1.165) is 16.6 Å². The number of carbonyl (C=O) groups excluding carboxylic acids is 1. The van der Waals surface area contributed by atoms with Crippen LogP contribution in [0.1, 0.15) is 27.0 Å². The number of nitrogens with zero attached hydrogens (tertiary/aromatic N) is 3. The van der Waals surface area contributed by atoms with Crippen molar-refractivity contribution < 1.29 is 9.72 Å². The number of rotatable bonds is 2. The Kier molecular flexibility index (Phi) is 3.44. The van der Waals surface area contributed by atoms with Gasteiger partial charge < -0.3 is 0 Å². The van der Waals surface area contributed by atoms with Gasteiger partial charge in [-0.2, -0.15) is 0 Å². The molecule has 1 heterocycles. The lowest BCUT2D eigenvalue weighted by Crippen LogP contribution is -2.13. The van der Waals surface area contributed by atoms with Crippen LogP contribution in [0.4, 0.5) is 5.69 Å². The Bertz CT molecular complexity index is 957. The van der Waals surface area contributed by atoms with Crippen LogP contribution in [0.5, 0.6) is 0 Å². The second-order valence-electron chi connectivity index (χ2n) is 5.55. The molecule has 6 nitrogen and oxygen atoms in total. The third kappa shape index (κ3) is 2.38. The van der Waals surface area contributed by atoms with Gasteiger partial charge in [-0.05, 0) is 50.1 Å². The zero-order valence-electron chi connectivity index (χ0n) is 13.0. The predicted octanol–water partition coefficient (Wildman–Crippen LogP) is 3.56. The maximum absolute atomic E-state index is 12.8. The van der Waals surface area contributed by atoms with Crippen LogP contribution in [0.25, 0.3) is 11.0 Å². The van der Waals surface area contributed by atoms with E-state index in [-0.39, 0.29) is 11.6 Å². The van der Waals surface area contributed by atoms with Gasteiger partial charge in [0.15, 0.2) is 0 Å². The third-order valence-corrected chi connectivity index (χ3v) is 4.11. The Morgan fingerprint density at radius 2 is 1.87 bits per heavy atom. The molecule has 0 atom stereocenters. The van der Waals surface area contributed by atoms with Crippen molar-refractivity contribution in [1.82, 2.24) is 9.55 Å². The van der Waals surface area contributed by atoms with Gasteiger partial charge in [-0.3, -0.25) is 19.5 Å². The van der Waals surface area contributed by atoms with Gasteiger partial charge in [0.1, 0.15) is 6.33 Å². The molecular weight excluding hydrogens is 294 g/mol. The molecular formula is C17H15N3O3. The highest BCUT2D eigenvalue weighted by Crippen LogP contribution is 2.24. The smallest absolute Gasteiger partial charge is 0.268 e. The molecule has 6 heteroatoms. The summed E-state index contributed by atoms with van der Waals surface area (Å²) in [6.45, 7) is 5.54. The molecule has 0 radical (unpaired) electrons. The molecule has 0 unspecified atom stereocenters. The van der Waals surface area contributed by atoms with Gasteiger partial charge in [-0.1, -0.05) is 6.07 Å². The molecule has 0 aliphatic carbocycles. The number of hydrogen-bond acceptors (Lipinski definition) is 4. The van der Waals surface area contributed by atoms with Crippen molar-refractivity contribution in [2.75, 3.05) is 0 Å². The molecule has 1 aromatic heterocycles. The Labute approximate surface area is 132 Å². The van der Waals surface area contributed by atoms with Gasteiger partial charge in [-0.25, -0.2) is 4.98 Å². The zero-order chi connectivity index (χ0) is 16.7. The van der Waals surface area contributed by atoms with E-state index < -0.39 is 4.92 Å². The molecule has 3 aromatic rings. The van der Waals surface area contributed by atoms with E-state index in [1.165, 1.54) is 23.0 Å². The Balaban J connectivity index is 2.17. The van der Waals surface area contributed by atoms with E-state index in [9.17, 15) is 14.9 Å². The molecule has 0 aliphatic heterocycles. The number of fused-ring (bicyclic) bond motifs is 1. The first kappa shape index (κ1) is 14.9. The minimum absolute atomic E-state index is 0.0627. The third-order valence-electron chi connectivity index (χ3n) is 4.11. The maximum Gasteiger partial charge on any atom is 0.273 e. The fraction of sp³-hybridized carbons (Fsp3) is 0.176. The van der Waals surface area contributed by atoms with Crippen LogP contribution in [0.2, 0.25) is 0 Å². The number of carbonyl (C=O) groups is 1. The molecule has 0 bridgehead atoms. The fourth-order valence-electron chi connectivity index (χ4n) is 2.61. The lowest BCUT2D eigenvalue weighted by atomic mass is 10.1. The highest BCUT2D eigenvalue weighted by atomic mass is 16.6. The number of imidazole rings is 1. The molecule has 0 amide bonds. The molecule has 3 rings (SSSR count). The summed E-state index contributed by atoms with van der Waals surface area (Å²) >= 11 is 0. The fourth-order valence-corrected chi connectivity index (χ4v) is 2.61. The van der Waals surface area contributed by atoms with Crippen molar-refractivity contribution in [3.63, 3.8) is 0 Å². The number of nitro benzene ring substituents is 1. The molecule has 0 fully saturated rings. The van der Waals surface area contributed by atoms with Crippen LogP contribution in [0.15, 0.2) is 36.7 Å². The van der Waals surface area contributed by atoms with Gasteiger partial charge in [-0.15, -0.1) is 0 Å². The molecule has 0 spiro atoms. The summed E-state index contributed by atoms with van der Waals surface area (Å²) in [6, 6.07) is 8.34. The van der Waals surface area contributed by atoms with Crippen molar-refractivity contribution in [3.05, 3.63) is 69.0 Å². The molecule has 0 N–H and O–H groups in total. The average Bonchev–Trinajstić information content (AvgIpc) is 2.89. The number of benzene rings is 2. The standard InChI is InChI=1S/C17H15N3O3/c1-10-7-14-16(8-11(10)2)19(9-18-14)17(21)13-5-4-6-15(12(13)3)20(22)23/h4-9H,1-3H3. The average molecular weight is 309 g/mol. The van der Waals surface area contributed by atoms with Gasteiger partial charge in [0.05, 0.1) is 21.5 Å². The maximum atomic E-state index is 12.8. The predicted molar refractivity (Wildman–Crippen MR) is 86.8 cm³/mol. The zero-order valence-corrected chi connectivity index (χ0v) is 13.0. The van der Waals surface area contributed by atoms with Gasteiger partial charge in [0.25, 0.3) is 11.6 Å². The van der Waals surface area contributed by atoms with Gasteiger partial charge in [0.2, 0.25) is 0 Å². The van der Waals surface area contributed by atoms with E-state index in [0.29, 0.717) is 16.6 Å². The largest absolute Gasteiger partial charge is 0.273 e. The summed E-state index contributed by atoms with van der Waals surface area (Å²) in [7, 11) is 0. The topological polar surface area (TPSA) is 78.0 Å². The summed E-state index contributed by atoms with van der Waals surface area (Å²) in [5.74, 6) is -0.322. The first-order chi connectivity index (χ1) is 10.9. The van der Waals surface area contributed by atoms with Crippen LogP contribution < -0.4 is 0 Å². The molecule has 116 valence electrons. The van der Waals surface area contributed by atoms with E-state index in [1.807, 2.05) is 26.0 Å². The SMILES string of the molecule is Cc1cc2ncn(C(=O)c3cccc([N+](=O)[O-])c3C)c2cc1C. The minimum Gasteiger partial charge on any atom is -0.268 e. The van der Waals surface area contributed by atoms with E-state index in [2.05, 4.69) is 4.98 Å². The Morgan fingerprint density at radius 3 is 2.57 bits per heavy atom. The summed E-state index contributed by atoms with van der Waals surface area (Å²) in [5.41, 5.74) is 4.18. The molecule has 0 aliphatic rings. The first-order valence-electron chi connectivity index (χ1n) is 7.13. The molecule has 0 saturated carbocycles. The summed E-state index contributed by atoms with van der Waals surface area (Å²) in [5, 5.41) is 11.1. The van der Waals surface area contributed by atoms with Crippen molar-refractivity contribution in [2.24, 2.45) is 0 Å². The molecule has 0 saturated heterocycles. The second-order valence-corrected chi connectivity index (χ2v) is 5.55. The van der Waals surface area contributed by atoms with Gasteiger partial charge >= 0.3 is 0 Å². The number of hydrogen-bond donors (Lipinski definition) is 0. The Hall–Kier alpha value is -3.02. The summed E-state index contributed by atoms with van der Waals surface area (Å²) in [4.78, 5) is 27.6. The normalized spacial score (nSPS) is 10.9. The lowest BCUT2D eigenvalue weighted by molar-refractivity contribution is -0.385.